The Morgan fingerprint density at radius 3 is 2.65 bits per heavy atom. The maximum atomic E-state index is 13.6. The number of nitriles is 1. The van der Waals surface area contributed by atoms with E-state index in [9.17, 15) is 22.8 Å². The summed E-state index contributed by atoms with van der Waals surface area (Å²) >= 11 is 0. The van der Waals surface area contributed by atoms with Crippen molar-refractivity contribution < 1.29 is 22.8 Å². The number of rotatable bonds is 7. The van der Waals surface area contributed by atoms with Gasteiger partial charge in [-0.1, -0.05) is 19.1 Å². The first-order valence-corrected chi connectivity index (χ1v) is 9.98. The lowest BCUT2D eigenvalue weighted by atomic mass is 9.91. The lowest BCUT2D eigenvalue weighted by Gasteiger charge is -2.19. The van der Waals surface area contributed by atoms with Gasteiger partial charge < -0.3 is 4.90 Å². The summed E-state index contributed by atoms with van der Waals surface area (Å²) in [7, 11) is 0. The molecule has 2 atom stereocenters. The lowest BCUT2D eigenvalue weighted by Crippen LogP contribution is -2.36. The molecule has 1 fully saturated rings. The van der Waals surface area contributed by atoms with Gasteiger partial charge in [0, 0.05) is 37.2 Å². The van der Waals surface area contributed by atoms with E-state index >= 15 is 0 Å². The minimum Gasteiger partial charge on any atom is -0.320 e. The van der Waals surface area contributed by atoms with Gasteiger partial charge in [-0.25, -0.2) is 13.2 Å². The summed E-state index contributed by atoms with van der Waals surface area (Å²) in [6, 6.07) is 8.26. The van der Waals surface area contributed by atoms with Crippen molar-refractivity contribution >= 4 is 11.7 Å². The molecule has 1 aliphatic rings. The third-order valence-corrected chi connectivity index (χ3v) is 5.47. The van der Waals surface area contributed by atoms with Crippen molar-refractivity contribution in [2.45, 2.75) is 50.5 Å². The first-order valence-electron chi connectivity index (χ1n) is 9.98. The number of ketones is 1. The van der Waals surface area contributed by atoms with Gasteiger partial charge in [0.05, 0.1) is 12.6 Å². The van der Waals surface area contributed by atoms with Gasteiger partial charge in [0.1, 0.15) is 11.9 Å². The molecule has 2 aromatic rings. The summed E-state index contributed by atoms with van der Waals surface area (Å²) in [6.07, 6.45) is 2.47. The van der Waals surface area contributed by atoms with Crippen LogP contribution in [0.15, 0.2) is 42.7 Å². The van der Waals surface area contributed by atoms with Crippen LogP contribution in [0.1, 0.15) is 53.6 Å². The number of carbonyl (C=O) groups is 2. The van der Waals surface area contributed by atoms with Crippen molar-refractivity contribution in [1.29, 1.82) is 5.26 Å². The number of carbonyl (C=O) groups excluding carboxylic acids is 2. The summed E-state index contributed by atoms with van der Waals surface area (Å²) in [5.74, 6) is -4.34. The van der Waals surface area contributed by atoms with Gasteiger partial charge in [0.2, 0.25) is 5.91 Å². The Morgan fingerprint density at radius 2 is 1.97 bits per heavy atom. The van der Waals surface area contributed by atoms with Crippen molar-refractivity contribution in [3.63, 3.8) is 0 Å². The van der Waals surface area contributed by atoms with E-state index in [0.29, 0.717) is 17.5 Å². The first kappa shape index (κ1) is 22.5. The zero-order valence-corrected chi connectivity index (χ0v) is 17.0. The van der Waals surface area contributed by atoms with Gasteiger partial charge in [0.25, 0.3) is 5.92 Å². The maximum Gasteiger partial charge on any atom is 0.268 e. The van der Waals surface area contributed by atoms with E-state index in [1.165, 1.54) is 18.3 Å². The molecular formula is C23H22F3N3O2. The van der Waals surface area contributed by atoms with Crippen molar-refractivity contribution in [3.05, 3.63) is 65.2 Å². The van der Waals surface area contributed by atoms with Crippen LogP contribution in [-0.2, 0) is 11.2 Å². The summed E-state index contributed by atoms with van der Waals surface area (Å²) in [5.41, 5.74) is 2.02. The van der Waals surface area contributed by atoms with Gasteiger partial charge in [-0.2, -0.15) is 5.26 Å². The number of Topliss-reactive ketones (excluding diaryl/α,β-unsaturated/α-hetero) is 1. The smallest absolute Gasteiger partial charge is 0.268 e. The zero-order chi connectivity index (χ0) is 22.6. The molecule has 3 rings (SSSR count). The molecule has 1 aromatic carbocycles. The van der Waals surface area contributed by atoms with E-state index in [0.717, 1.165) is 10.5 Å². The molecule has 1 saturated heterocycles. The maximum absolute atomic E-state index is 13.6. The molecule has 0 aliphatic carbocycles. The molecule has 0 spiro atoms. The van der Waals surface area contributed by atoms with Gasteiger partial charge in [-0.3, -0.25) is 14.6 Å². The number of pyridine rings is 1. The largest absolute Gasteiger partial charge is 0.320 e. The van der Waals surface area contributed by atoms with E-state index < -0.39 is 30.8 Å². The van der Waals surface area contributed by atoms with Gasteiger partial charge in [-0.05, 0) is 41.7 Å². The number of aromatic nitrogens is 1. The van der Waals surface area contributed by atoms with Gasteiger partial charge in [-0.15, -0.1) is 0 Å². The third-order valence-electron chi connectivity index (χ3n) is 5.47. The minimum atomic E-state index is -3.09. The molecule has 31 heavy (non-hydrogen) atoms. The first-order chi connectivity index (χ1) is 14.7. The van der Waals surface area contributed by atoms with Crippen molar-refractivity contribution in [2.24, 2.45) is 0 Å². The van der Waals surface area contributed by atoms with Crippen LogP contribution in [0, 0.1) is 17.1 Å². The molecule has 1 amide bonds. The Bertz CT molecular complexity index is 1000. The summed E-state index contributed by atoms with van der Waals surface area (Å²) in [6.45, 7) is 1.15. The van der Waals surface area contributed by atoms with E-state index in [1.807, 2.05) is 6.92 Å². The fourth-order valence-corrected chi connectivity index (χ4v) is 3.79. The number of likely N-dealkylation sites (tertiary alicyclic amines) is 1. The summed E-state index contributed by atoms with van der Waals surface area (Å²) in [4.78, 5) is 30.1. The molecule has 5 nitrogen and oxygen atoms in total. The quantitative estimate of drug-likeness (QED) is 0.616. The number of alkyl halides is 2. The molecule has 162 valence electrons. The Morgan fingerprint density at radius 1 is 1.26 bits per heavy atom. The minimum absolute atomic E-state index is 0.00111. The molecule has 1 aliphatic heterocycles. The van der Waals surface area contributed by atoms with E-state index in [-0.39, 0.29) is 30.4 Å². The van der Waals surface area contributed by atoms with Crippen molar-refractivity contribution in [3.8, 4) is 6.07 Å². The highest BCUT2D eigenvalue weighted by molar-refractivity contribution is 5.99. The van der Waals surface area contributed by atoms with Gasteiger partial charge >= 0.3 is 0 Å². The highest BCUT2D eigenvalue weighted by atomic mass is 19.3. The van der Waals surface area contributed by atoms with E-state index in [4.69, 9.17) is 5.26 Å². The average molecular weight is 429 g/mol. The second kappa shape index (κ2) is 9.29. The predicted molar refractivity (Wildman–Crippen MR) is 107 cm³/mol. The van der Waals surface area contributed by atoms with Crippen LogP contribution in [-0.4, -0.2) is 40.1 Å². The molecule has 1 unspecified atom stereocenters. The number of hydrogen-bond acceptors (Lipinski definition) is 4. The number of benzene rings is 1. The molecule has 1 aromatic heterocycles. The Kier molecular flexibility index (Phi) is 6.74. The van der Waals surface area contributed by atoms with Crippen LogP contribution in [0.4, 0.5) is 13.2 Å². The predicted octanol–water partition coefficient (Wildman–Crippen LogP) is 4.29. The molecule has 0 N–H and O–H groups in total. The van der Waals surface area contributed by atoms with Crippen LogP contribution in [0.25, 0.3) is 0 Å². The van der Waals surface area contributed by atoms with Crippen LogP contribution in [0.3, 0.4) is 0 Å². The Hall–Kier alpha value is -3.21. The van der Waals surface area contributed by atoms with Crippen LogP contribution in [0.2, 0.25) is 0 Å². The monoisotopic (exact) mass is 429 g/mol. The lowest BCUT2D eigenvalue weighted by molar-refractivity contribution is -0.132. The fraction of sp³-hybridized carbons (Fsp3) is 0.391. The van der Waals surface area contributed by atoms with Crippen molar-refractivity contribution in [2.75, 3.05) is 6.54 Å². The SMILES string of the molecule is CC(Cc1cnccc1C(=O)CCC(=O)N1CC(F)(F)C[C@H]1C#N)c1ccc(F)cc1. The number of nitrogens with zero attached hydrogens (tertiary/aromatic N) is 3. The van der Waals surface area contributed by atoms with E-state index in [2.05, 4.69) is 4.98 Å². The van der Waals surface area contributed by atoms with Gasteiger partial charge in [0.15, 0.2) is 5.78 Å². The zero-order valence-electron chi connectivity index (χ0n) is 17.0. The summed E-state index contributed by atoms with van der Waals surface area (Å²) in [5, 5.41) is 9.03. The Labute approximate surface area is 178 Å². The Balaban J connectivity index is 1.65. The standard InChI is InChI=1S/C23H22F3N3O2/c1-15(16-2-4-18(24)5-3-16)10-17-13-28-9-8-20(17)21(30)6-7-22(31)29-14-23(25,26)11-19(29)12-27/h2-5,8-9,13,15,19H,6-7,10-11,14H2,1H3/t15?,19-/m0/s1. The van der Waals surface area contributed by atoms with Crippen LogP contribution >= 0.6 is 0 Å². The van der Waals surface area contributed by atoms with Crippen LogP contribution < -0.4 is 0 Å². The second-order valence-corrected chi connectivity index (χ2v) is 7.84. The van der Waals surface area contributed by atoms with E-state index in [1.54, 1.807) is 30.5 Å². The number of amides is 1. The molecule has 0 bridgehead atoms. The topological polar surface area (TPSA) is 74.1 Å². The summed E-state index contributed by atoms with van der Waals surface area (Å²) < 4.78 is 40.3. The second-order valence-electron chi connectivity index (χ2n) is 7.84. The average Bonchev–Trinajstić information content (AvgIpc) is 3.07. The molecular weight excluding hydrogens is 407 g/mol. The molecule has 0 radical (unpaired) electrons. The molecule has 2 heterocycles. The van der Waals surface area contributed by atoms with Crippen molar-refractivity contribution in [1.82, 2.24) is 9.88 Å². The molecule has 8 heteroatoms. The fourth-order valence-electron chi connectivity index (χ4n) is 3.79. The highest BCUT2D eigenvalue weighted by Gasteiger charge is 2.47. The molecule has 0 saturated carbocycles. The highest BCUT2D eigenvalue weighted by Crippen LogP contribution is 2.32. The number of halogens is 3. The number of hydrogen-bond donors (Lipinski definition) is 0. The van der Waals surface area contributed by atoms with Crippen LogP contribution in [0.5, 0.6) is 0 Å². The third kappa shape index (κ3) is 5.48. The normalized spacial score (nSPS) is 18.4.